The minimum atomic E-state index is -0.529. The van der Waals surface area contributed by atoms with Gasteiger partial charge in [0.15, 0.2) is 0 Å². The van der Waals surface area contributed by atoms with E-state index in [0.717, 1.165) is 12.8 Å². The Bertz CT molecular complexity index is 2700. The van der Waals surface area contributed by atoms with Gasteiger partial charge < -0.3 is 0 Å². The second-order valence-corrected chi connectivity index (χ2v) is 16.7. The van der Waals surface area contributed by atoms with Crippen LogP contribution in [0.5, 0.6) is 0 Å². The number of hydrogen-bond donors (Lipinski definition) is 1. The molecule has 1 N–H and O–H groups in total. The average molecular weight is 718 g/mol. The minimum Gasteiger partial charge on any atom is -0.296 e. The maximum Gasteiger partial charge on any atom is 0.0711 e. The van der Waals surface area contributed by atoms with Gasteiger partial charge in [-0.25, -0.2) is 0 Å². The molecule has 5 aliphatic carbocycles. The van der Waals surface area contributed by atoms with E-state index < -0.39 is 5.41 Å². The van der Waals surface area contributed by atoms with Crippen molar-refractivity contribution in [3.8, 4) is 11.1 Å². The van der Waals surface area contributed by atoms with Crippen molar-refractivity contribution in [2.24, 2.45) is 11.8 Å². The largest absolute Gasteiger partial charge is 0.296 e. The van der Waals surface area contributed by atoms with Gasteiger partial charge in [0, 0.05) is 5.41 Å². The van der Waals surface area contributed by atoms with Crippen LogP contribution in [0.15, 0.2) is 193 Å². The topological polar surface area (TPSA) is 12.0 Å². The summed E-state index contributed by atoms with van der Waals surface area (Å²) < 4.78 is 0. The van der Waals surface area contributed by atoms with E-state index in [1.54, 1.807) is 0 Å². The summed E-state index contributed by atoms with van der Waals surface area (Å²) >= 11 is 0. The van der Waals surface area contributed by atoms with Crippen LogP contribution in [0.3, 0.4) is 0 Å². The van der Waals surface area contributed by atoms with Crippen molar-refractivity contribution in [3.63, 3.8) is 0 Å². The van der Waals surface area contributed by atoms with Crippen molar-refractivity contribution in [3.05, 3.63) is 243 Å². The minimum absolute atomic E-state index is 0.00745. The third-order valence-corrected chi connectivity index (χ3v) is 14.1. The molecular formula is C55H43N. The first-order valence-electron chi connectivity index (χ1n) is 20.5. The molecule has 2 heterocycles. The fourth-order valence-electron chi connectivity index (χ4n) is 11.9. The lowest BCUT2D eigenvalue weighted by molar-refractivity contribution is 0.406. The van der Waals surface area contributed by atoms with Crippen molar-refractivity contribution in [1.82, 2.24) is 5.32 Å². The molecule has 0 radical (unpaired) electrons. The Morgan fingerprint density at radius 1 is 0.607 bits per heavy atom. The second-order valence-electron chi connectivity index (χ2n) is 16.7. The van der Waals surface area contributed by atoms with E-state index in [1.165, 1.54) is 83.5 Å². The van der Waals surface area contributed by atoms with E-state index >= 15 is 0 Å². The Balaban J connectivity index is 1.23. The summed E-state index contributed by atoms with van der Waals surface area (Å²) in [5.74, 6) is 0.717. The van der Waals surface area contributed by atoms with Gasteiger partial charge in [-0.05, 0) is 115 Å². The van der Waals surface area contributed by atoms with Gasteiger partial charge in [-0.2, -0.15) is 0 Å². The molecule has 2 bridgehead atoms. The number of nitrogens with one attached hydrogen (secondary N) is 1. The summed E-state index contributed by atoms with van der Waals surface area (Å²) in [5.41, 5.74) is 19.8. The van der Waals surface area contributed by atoms with Gasteiger partial charge in [0.2, 0.25) is 0 Å². The van der Waals surface area contributed by atoms with Crippen LogP contribution in [0.1, 0.15) is 75.9 Å². The Morgan fingerprint density at radius 3 is 2.11 bits per heavy atom. The Kier molecular flexibility index (Phi) is 6.90. The Hall–Kier alpha value is -6.02. The molecule has 0 saturated carbocycles. The fraction of sp³-hybridized carbons (Fsp3) is 0.164. The molecule has 0 aromatic heterocycles. The van der Waals surface area contributed by atoms with Crippen LogP contribution in [0, 0.1) is 11.8 Å². The normalized spacial score (nSPS) is 26.4. The zero-order valence-electron chi connectivity index (χ0n) is 31.6. The monoisotopic (exact) mass is 717 g/mol. The molecule has 0 saturated heterocycles. The van der Waals surface area contributed by atoms with Gasteiger partial charge in [-0.1, -0.05) is 189 Å². The summed E-state index contributed by atoms with van der Waals surface area (Å²) in [6, 6.07) is 44.3. The molecule has 0 amide bonds. The first-order chi connectivity index (χ1) is 27.7. The summed E-state index contributed by atoms with van der Waals surface area (Å²) in [5, 5.41) is 4.26. The quantitative estimate of drug-likeness (QED) is 0.195. The highest BCUT2D eigenvalue weighted by molar-refractivity contribution is 5.96. The van der Waals surface area contributed by atoms with E-state index in [4.69, 9.17) is 0 Å². The van der Waals surface area contributed by atoms with Gasteiger partial charge in [0.25, 0.3) is 0 Å². The van der Waals surface area contributed by atoms with Crippen molar-refractivity contribution < 1.29 is 0 Å². The molecule has 1 nitrogen and oxygen atoms in total. The van der Waals surface area contributed by atoms with Crippen LogP contribution in [0.25, 0.3) is 28.9 Å². The number of allylic oxidation sites excluding steroid dienone is 10. The highest BCUT2D eigenvalue weighted by Gasteiger charge is 2.55. The van der Waals surface area contributed by atoms with Gasteiger partial charge in [-0.3, -0.25) is 5.32 Å². The zero-order valence-corrected chi connectivity index (χ0v) is 31.6. The van der Waals surface area contributed by atoms with Crippen LogP contribution in [0.2, 0.25) is 0 Å². The summed E-state index contributed by atoms with van der Waals surface area (Å²) in [7, 11) is 0. The molecule has 7 aliphatic rings. The lowest BCUT2D eigenvalue weighted by Crippen LogP contribution is -2.39. The van der Waals surface area contributed by atoms with E-state index in [0.29, 0.717) is 11.8 Å². The van der Waals surface area contributed by atoms with E-state index in [-0.39, 0.29) is 17.5 Å². The van der Waals surface area contributed by atoms with Gasteiger partial charge in [0.05, 0.1) is 17.5 Å². The molecule has 5 aromatic rings. The highest BCUT2D eigenvalue weighted by atomic mass is 15.0. The highest BCUT2D eigenvalue weighted by Crippen LogP contribution is 2.65. The molecule has 5 unspecified atom stereocenters. The first-order valence-corrected chi connectivity index (χ1v) is 20.5. The predicted octanol–water partition coefficient (Wildman–Crippen LogP) is 12.4. The summed E-state index contributed by atoms with van der Waals surface area (Å²) in [4.78, 5) is 0. The molecule has 5 atom stereocenters. The van der Waals surface area contributed by atoms with Crippen LogP contribution in [0.4, 0.5) is 0 Å². The zero-order chi connectivity index (χ0) is 37.0. The van der Waals surface area contributed by atoms with E-state index in [9.17, 15) is 0 Å². The maximum atomic E-state index is 4.26. The third-order valence-electron chi connectivity index (χ3n) is 14.1. The number of rotatable bonds is 4. The molecule has 5 aromatic carbocycles. The average Bonchev–Trinajstić information content (AvgIpc) is 3.51. The maximum absolute atomic E-state index is 4.26. The molecule has 0 spiro atoms. The lowest BCUT2D eigenvalue weighted by Gasteiger charge is -2.44. The number of fused-ring (bicyclic) bond motifs is 7. The van der Waals surface area contributed by atoms with Crippen molar-refractivity contribution in [1.29, 1.82) is 0 Å². The summed E-state index contributed by atoms with van der Waals surface area (Å²) in [6.45, 7) is 2.45. The van der Waals surface area contributed by atoms with Crippen LogP contribution in [-0.4, -0.2) is 6.04 Å². The van der Waals surface area contributed by atoms with Gasteiger partial charge >= 0.3 is 0 Å². The predicted molar refractivity (Wildman–Crippen MR) is 232 cm³/mol. The third kappa shape index (κ3) is 4.14. The smallest absolute Gasteiger partial charge is 0.0711 e. The second kappa shape index (κ2) is 12.0. The van der Waals surface area contributed by atoms with Crippen molar-refractivity contribution in [2.75, 3.05) is 0 Å². The Morgan fingerprint density at radius 2 is 1.34 bits per heavy atom. The molecule has 1 heteroatoms. The lowest BCUT2D eigenvalue weighted by atomic mass is 9.58. The molecular weight excluding hydrogens is 675 g/mol. The van der Waals surface area contributed by atoms with E-state index in [2.05, 4.69) is 200 Å². The van der Waals surface area contributed by atoms with Crippen molar-refractivity contribution >= 4 is 17.7 Å². The molecule has 56 heavy (non-hydrogen) atoms. The Labute approximate surface area is 330 Å². The van der Waals surface area contributed by atoms with Gasteiger partial charge in [0.1, 0.15) is 0 Å². The van der Waals surface area contributed by atoms with Gasteiger partial charge in [-0.15, -0.1) is 0 Å². The number of hydrogen-bond acceptors (Lipinski definition) is 1. The molecule has 12 rings (SSSR count). The molecule has 268 valence electrons. The number of benzene rings is 5. The standard InChI is InChI=1S/C55H43N/c1-35-16-11-13-26-45(35)55(41-23-9-4-10-24-41)46-27-14-12-25-42(46)43-33-48-44(34-47(43)55)52-49(54(48,39-19-5-2-6-20-39)40-21-7-3-8-22-40)32-38-29-28-36-17-15-18-37-30-31-50(52)56-53(38)51(36)37/h2-15,17-23,25-35,41,50,53,56H,16,24H2,1H3. The van der Waals surface area contributed by atoms with Crippen molar-refractivity contribution in [2.45, 2.75) is 42.7 Å². The molecule has 2 aliphatic heterocycles. The van der Waals surface area contributed by atoms with Crippen LogP contribution >= 0.6 is 0 Å². The van der Waals surface area contributed by atoms with E-state index in [1.807, 2.05) is 0 Å². The summed E-state index contributed by atoms with van der Waals surface area (Å²) in [6.07, 6.45) is 30.8. The first kappa shape index (κ1) is 32.2. The fourth-order valence-corrected chi connectivity index (χ4v) is 11.9. The molecule has 0 fully saturated rings. The SMILES string of the molecule is CC1CC=CC=C1C1(C2C=CC=CC2)c2ccccc2-c2cc3c(cc21)C1=C(C=C2C=Cc4cccc5c4C2NC1C=C5)C3(c1ccccc1)c1ccccc1. The van der Waals surface area contributed by atoms with Crippen LogP contribution < -0.4 is 5.32 Å². The van der Waals surface area contributed by atoms with Crippen LogP contribution in [-0.2, 0) is 10.8 Å².